The van der Waals surface area contributed by atoms with Gasteiger partial charge in [0.2, 0.25) is 5.82 Å². The first-order valence-electron chi connectivity index (χ1n) is 10.5. The molecule has 188 valence electrons. The van der Waals surface area contributed by atoms with Crippen LogP contribution in [0.4, 0.5) is 24.8 Å². The second-order valence-electron chi connectivity index (χ2n) is 8.67. The van der Waals surface area contributed by atoms with Crippen molar-refractivity contribution in [2.24, 2.45) is 0 Å². The van der Waals surface area contributed by atoms with Crippen LogP contribution in [0.2, 0.25) is 0 Å². The Hall–Kier alpha value is -3.94. The number of hydrogen-bond donors (Lipinski definition) is 0. The summed E-state index contributed by atoms with van der Waals surface area (Å²) < 4.78 is 48.2. The highest BCUT2D eigenvalue weighted by atomic mass is 32.1. The van der Waals surface area contributed by atoms with Crippen molar-refractivity contribution in [2.45, 2.75) is 46.0 Å². The van der Waals surface area contributed by atoms with Crippen LogP contribution in [0.25, 0.3) is 10.7 Å². The standard InChI is InChI=1S/C22H20F3N7O3S/c1-12-7-16(29-26-9-12)32(17-8-13(10-27-30-17)19(33)34-21(2,3)4)11-14-5-6-15(36-14)18-28-20(35-31-18)22(23,24)25/h5-10H,11H2,1-4H3. The Bertz CT molecular complexity index is 1380. The molecule has 0 unspecified atom stereocenters. The molecule has 0 saturated carbocycles. The van der Waals surface area contributed by atoms with Gasteiger partial charge in [-0.1, -0.05) is 5.16 Å². The lowest BCUT2D eigenvalue weighted by Gasteiger charge is -2.22. The summed E-state index contributed by atoms with van der Waals surface area (Å²) in [5.41, 5.74) is 0.329. The maximum absolute atomic E-state index is 12.8. The lowest BCUT2D eigenvalue weighted by molar-refractivity contribution is -0.159. The van der Waals surface area contributed by atoms with Gasteiger partial charge < -0.3 is 14.2 Å². The maximum Gasteiger partial charge on any atom is 0.471 e. The van der Waals surface area contributed by atoms with Gasteiger partial charge in [-0.15, -0.1) is 21.5 Å². The van der Waals surface area contributed by atoms with Crippen LogP contribution in [0.1, 0.15) is 47.5 Å². The molecule has 0 atom stereocenters. The molecule has 4 heterocycles. The third-order valence-electron chi connectivity index (χ3n) is 4.47. The van der Waals surface area contributed by atoms with Crippen molar-refractivity contribution in [3.63, 3.8) is 0 Å². The molecule has 0 N–H and O–H groups in total. The molecule has 4 rings (SSSR count). The molecule has 4 aromatic rings. The summed E-state index contributed by atoms with van der Waals surface area (Å²) in [6, 6.07) is 6.60. The predicted molar refractivity (Wildman–Crippen MR) is 122 cm³/mol. The van der Waals surface area contributed by atoms with Crippen molar-refractivity contribution in [3.05, 3.63) is 58.6 Å². The number of carbonyl (C=O) groups excluding carboxylic acids is 1. The molecular weight excluding hydrogens is 499 g/mol. The van der Waals surface area contributed by atoms with E-state index in [1.165, 1.54) is 23.6 Å². The van der Waals surface area contributed by atoms with Gasteiger partial charge in [0.1, 0.15) is 5.60 Å². The van der Waals surface area contributed by atoms with Gasteiger partial charge in [-0.25, -0.2) is 4.79 Å². The minimum absolute atomic E-state index is 0.174. The van der Waals surface area contributed by atoms with Crippen molar-refractivity contribution >= 4 is 28.9 Å². The zero-order valence-electron chi connectivity index (χ0n) is 19.6. The first-order chi connectivity index (χ1) is 16.9. The Labute approximate surface area is 207 Å². The molecule has 36 heavy (non-hydrogen) atoms. The van der Waals surface area contributed by atoms with Crippen LogP contribution < -0.4 is 4.90 Å². The number of halogens is 3. The number of ether oxygens (including phenoxy) is 1. The monoisotopic (exact) mass is 519 g/mol. The lowest BCUT2D eigenvalue weighted by Crippen LogP contribution is -2.25. The molecule has 4 aromatic heterocycles. The van der Waals surface area contributed by atoms with Crippen LogP contribution in [-0.4, -0.2) is 42.1 Å². The van der Waals surface area contributed by atoms with E-state index in [1.54, 1.807) is 50.1 Å². The molecule has 0 aliphatic heterocycles. The lowest BCUT2D eigenvalue weighted by atomic mass is 10.2. The summed E-state index contributed by atoms with van der Waals surface area (Å²) in [5, 5.41) is 19.7. The van der Waals surface area contributed by atoms with E-state index in [-0.39, 0.29) is 17.9 Å². The molecule has 0 saturated heterocycles. The highest BCUT2D eigenvalue weighted by Gasteiger charge is 2.38. The van der Waals surface area contributed by atoms with Crippen molar-refractivity contribution < 1.29 is 27.2 Å². The van der Waals surface area contributed by atoms with Gasteiger partial charge in [-0.05, 0) is 57.5 Å². The Balaban J connectivity index is 1.66. The van der Waals surface area contributed by atoms with Gasteiger partial charge in [0.25, 0.3) is 0 Å². The summed E-state index contributed by atoms with van der Waals surface area (Å²) in [7, 11) is 0. The molecular formula is C22H20F3N7O3S. The van der Waals surface area contributed by atoms with Crippen LogP contribution in [0.15, 0.2) is 41.2 Å². The average molecular weight is 520 g/mol. The second-order valence-corrected chi connectivity index (χ2v) is 9.84. The number of hydrogen-bond acceptors (Lipinski definition) is 11. The van der Waals surface area contributed by atoms with E-state index >= 15 is 0 Å². The minimum Gasteiger partial charge on any atom is -0.456 e. The van der Waals surface area contributed by atoms with Crippen LogP contribution >= 0.6 is 11.3 Å². The van der Waals surface area contributed by atoms with E-state index in [9.17, 15) is 18.0 Å². The van der Waals surface area contributed by atoms with Crippen LogP contribution in [-0.2, 0) is 17.5 Å². The topological polar surface area (TPSA) is 120 Å². The Morgan fingerprint density at radius 1 is 1.08 bits per heavy atom. The number of carbonyl (C=O) groups is 1. The Morgan fingerprint density at radius 3 is 2.42 bits per heavy atom. The second kappa shape index (κ2) is 9.60. The summed E-state index contributed by atoms with van der Waals surface area (Å²) in [6.07, 6.45) is -1.85. The smallest absolute Gasteiger partial charge is 0.456 e. The fourth-order valence-corrected chi connectivity index (χ4v) is 3.90. The first-order valence-corrected chi connectivity index (χ1v) is 11.3. The summed E-state index contributed by atoms with van der Waals surface area (Å²) in [4.78, 5) is 18.8. The molecule has 0 aliphatic carbocycles. The summed E-state index contributed by atoms with van der Waals surface area (Å²) in [6.45, 7) is 7.30. The highest BCUT2D eigenvalue weighted by Crippen LogP contribution is 2.33. The van der Waals surface area contributed by atoms with Crippen molar-refractivity contribution in [2.75, 3.05) is 4.90 Å². The number of thiophene rings is 1. The molecule has 0 aliphatic rings. The van der Waals surface area contributed by atoms with E-state index in [4.69, 9.17) is 4.74 Å². The van der Waals surface area contributed by atoms with Crippen LogP contribution in [0.5, 0.6) is 0 Å². The van der Waals surface area contributed by atoms with Gasteiger partial charge >= 0.3 is 18.0 Å². The van der Waals surface area contributed by atoms with E-state index in [2.05, 4.69) is 35.1 Å². The quantitative estimate of drug-likeness (QED) is 0.322. The number of nitrogens with zero attached hydrogens (tertiary/aromatic N) is 7. The Morgan fingerprint density at radius 2 is 1.78 bits per heavy atom. The summed E-state index contributed by atoms with van der Waals surface area (Å²) in [5.74, 6) is -1.43. The molecule has 14 heteroatoms. The average Bonchev–Trinajstić information content (AvgIpc) is 3.46. The fraction of sp³-hybridized carbons (Fsp3) is 0.318. The SMILES string of the molecule is Cc1cnnc(N(Cc2ccc(-c3noc(C(F)(F)F)n3)s2)c2cc(C(=O)OC(C)(C)C)cnn2)c1. The molecule has 10 nitrogen and oxygen atoms in total. The number of esters is 1. The van der Waals surface area contributed by atoms with Gasteiger partial charge in [-0.3, -0.25) is 0 Å². The number of anilines is 2. The van der Waals surface area contributed by atoms with Crippen LogP contribution in [0.3, 0.4) is 0 Å². The third kappa shape index (κ3) is 6.00. The van der Waals surface area contributed by atoms with E-state index in [0.29, 0.717) is 16.5 Å². The van der Waals surface area contributed by atoms with Gasteiger partial charge in [0.05, 0.1) is 29.4 Å². The zero-order valence-corrected chi connectivity index (χ0v) is 20.4. The van der Waals surface area contributed by atoms with Gasteiger partial charge in [-0.2, -0.15) is 28.4 Å². The largest absolute Gasteiger partial charge is 0.471 e. The molecule has 0 radical (unpaired) electrons. The first kappa shape index (κ1) is 25.2. The van der Waals surface area contributed by atoms with E-state index in [1.807, 2.05) is 6.92 Å². The van der Waals surface area contributed by atoms with E-state index in [0.717, 1.165) is 10.4 Å². The van der Waals surface area contributed by atoms with Crippen molar-refractivity contribution in [1.82, 2.24) is 30.5 Å². The third-order valence-corrected chi connectivity index (χ3v) is 5.54. The number of aryl methyl sites for hydroxylation is 1. The normalized spacial score (nSPS) is 12.0. The molecule has 0 amide bonds. The summed E-state index contributed by atoms with van der Waals surface area (Å²) >= 11 is 1.17. The van der Waals surface area contributed by atoms with Gasteiger partial charge in [0.15, 0.2) is 11.6 Å². The molecule has 0 fully saturated rings. The number of rotatable bonds is 6. The fourth-order valence-electron chi connectivity index (χ4n) is 2.97. The Kier molecular flexibility index (Phi) is 6.71. The number of aromatic nitrogens is 6. The predicted octanol–water partition coefficient (Wildman–Crippen LogP) is 5.00. The van der Waals surface area contributed by atoms with Crippen molar-refractivity contribution in [3.8, 4) is 10.7 Å². The molecule has 0 aromatic carbocycles. The highest BCUT2D eigenvalue weighted by molar-refractivity contribution is 7.15. The van der Waals surface area contributed by atoms with Gasteiger partial charge in [0, 0.05) is 4.88 Å². The maximum atomic E-state index is 12.8. The zero-order chi connectivity index (χ0) is 26.1. The molecule has 0 bridgehead atoms. The van der Waals surface area contributed by atoms with Crippen LogP contribution in [0, 0.1) is 6.92 Å². The number of alkyl halides is 3. The van der Waals surface area contributed by atoms with Crippen molar-refractivity contribution in [1.29, 1.82) is 0 Å². The molecule has 0 spiro atoms. The minimum atomic E-state index is -4.73. The van der Waals surface area contributed by atoms with E-state index < -0.39 is 23.6 Å².